The van der Waals surface area contributed by atoms with Gasteiger partial charge in [-0.3, -0.25) is 9.78 Å². The number of nitrogens with one attached hydrogen (secondary N) is 1. The summed E-state index contributed by atoms with van der Waals surface area (Å²) in [6, 6.07) is 20.1. The number of ether oxygens (including phenoxy) is 1. The Labute approximate surface area is 189 Å². The van der Waals surface area contributed by atoms with E-state index in [0.29, 0.717) is 26.1 Å². The molecular formula is C24H23BrN2O2S. The van der Waals surface area contributed by atoms with Crippen LogP contribution < -0.4 is 5.32 Å². The average Bonchev–Trinajstić information content (AvgIpc) is 2.80. The van der Waals surface area contributed by atoms with E-state index in [2.05, 4.69) is 32.3 Å². The van der Waals surface area contributed by atoms with Gasteiger partial charge in [0.2, 0.25) is 5.91 Å². The van der Waals surface area contributed by atoms with Crippen molar-refractivity contribution in [2.75, 3.05) is 18.5 Å². The van der Waals surface area contributed by atoms with E-state index in [0.717, 1.165) is 26.4 Å². The van der Waals surface area contributed by atoms with Crippen LogP contribution in [0.1, 0.15) is 24.0 Å². The van der Waals surface area contributed by atoms with Gasteiger partial charge in [0.05, 0.1) is 5.41 Å². The van der Waals surface area contributed by atoms with Crippen LogP contribution in [0.25, 0.3) is 0 Å². The Kier molecular flexibility index (Phi) is 6.87. The van der Waals surface area contributed by atoms with Gasteiger partial charge in [0.1, 0.15) is 0 Å². The molecule has 6 heteroatoms. The number of hydrogen-bond acceptors (Lipinski definition) is 4. The van der Waals surface area contributed by atoms with Crippen LogP contribution in [0.15, 0.2) is 82.4 Å². The number of anilines is 1. The molecule has 1 saturated heterocycles. The molecule has 1 fully saturated rings. The summed E-state index contributed by atoms with van der Waals surface area (Å²) < 4.78 is 6.56. The van der Waals surface area contributed by atoms with E-state index in [1.54, 1.807) is 18.0 Å². The molecule has 0 saturated carbocycles. The monoisotopic (exact) mass is 482 g/mol. The molecule has 2 aromatic carbocycles. The molecule has 3 aromatic rings. The Hall–Kier alpha value is -2.15. The van der Waals surface area contributed by atoms with Crippen molar-refractivity contribution in [2.24, 2.45) is 0 Å². The largest absolute Gasteiger partial charge is 0.381 e. The fourth-order valence-corrected chi connectivity index (χ4v) is 4.77. The van der Waals surface area contributed by atoms with Crippen LogP contribution in [0.4, 0.5) is 5.69 Å². The summed E-state index contributed by atoms with van der Waals surface area (Å²) in [7, 11) is 0. The fourth-order valence-electron chi connectivity index (χ4n) is 3.67. The lowest BCUT2D eigenvalue weighted by Crippen LogP contribution is -2.44. The van der Waals surface area contributed by atoms with Crippen molar-refractivity contribution in [3.8, 4) is 0 Å². The predicted octanol–water partition coefficient (Wildman–Crippen LogP) is 5.82. The van der Waals surface area contributed by atoms with Crippen molar-refractivity contribution in [3.63, 3.8) is 0 Å². The van der Waals surface area contributed by atoms with Gasteiger partial charge in [0, 0.05) is 46.4 Å². The Morgan fingerprint density at radius 1 is 1.07 bits per heavy atom. The minimum absolute atomic E-state index is 0.0314. The maximum absolute atomic E-state index is 13.4. The standard InChI is InChI=1S/C24H23BrN2O2S/c25-20-5-3-19(4-6-20)24(11-14-29-15-12-24)23(28)27-21-7-9-22(10-8-21)30-17-18-2-1-13-26-16-18/h1-10,13,16H,11-12,14-15,17H2,(H,27,28). The maximum atomic E-state index is 13.4. The Balaban J connectivity index is 1.45. The molecule has 1 N–H and O–H groups in total. The molecule has 2 heterocycles. The van der Waals surface area contributed by atoms with Crippen molar-refractivity contribution < 1.29 is 9.53 Å². The molecule has 1 aliphatic rings. The Morgan fingerprint density at radius 3 is 2.47 bits per heavy atom. The third kappa shape index (κ3) is 4.94. The van der Waals surface area contributed by atoms with Crippen LogP contribution in [0.5, 0.6) is 0 Å². The van der Waals surface area contributed by atoms with Crippen LogP contribution in [0.3, 0.4) is 0 Å². The molecule has 1 aliphatic heterocycles. The van der Waals surface area contributed by atoms with Crippen LogP contribution >= 0.6 is 27.7 Å². The molecule has 0 atom stereocenters. The Morgan fingerprint density at radius 2 is 1.80 bits per heavy atom. The minimum atomic E-state index is -0.563. The molecule has 154 valence electrons. The van der Waals surface area contributed by atoms with Crippen molar-refractivity contribution in [1.29, 1.82) is 0 Å². The number of hydrogen-bond donors (Lipinski definition) is 1. The van der Waals surface area contributed by atoms with Gasteiger partial charge in [-0.15, -0.1) is 11.8 Å². The zero-order valence-corrected chi connectivity index (χ0v) is 18.9. The van der Waals surface area contributed by atoms with E-state index in [4.69, 9.17) is 4.74 Å². The molecule has 4 rings (SSSR count). The summed E-state index contributed by atoms with van der Waals surface area (Å²) >= 11 is 5.23. The van der Waals surface area contributed by atoms with Gasteiger partial charge >= 0.3 is 0 Å². The molecule has 0 aliphatic carbocycles. The summed E-state index contributed by atoms with van der Waals surface area (Å²) in [6.45, 7) is 1.18. The highest BCUT2D eigenvalue weighted by Gasteiger charge is 2.41. The predicted molar refractivity (Wildman–Crippen MR) is 125 cm³/mol. The first-order valence-corrected chi connectivity index (χ1v) is 11.7. The number of pyridine rings is 1. The topological polar surface area (TPSA) is 51.2 Å². The van der Waals surface area contributed by atoms with Gasteiger partial charge in [-0.25, -0.2) is 0 Å². The minimum Gasteiger partial charge on any atom is -0.381 e. The lowest BCUT2D eigenvalue weighted by Gasteiger charge is -2.36. The molecule has 0 unspecified atom stereocenters. The van der Waals surface area contributed by atoms with E-state index < -0.39 is 5.41 Å². The van der Waals surface area contributed by atoms with Crippen molar-refractivity contribution in [3.05, 3.63) is 88.7 Å². The third-order valence-corrected chi connectivity index (χ3v) is 7.03. The van der Waals surface area contributed by atoms with Gasteiger partial charge in [0.15, 0.2) is 0 Å². The lowest BCUT2D eigenvalue weighted by molar-refractivity contribution is -0.125. The number of halogens is 1. The highest BCUT2D eigenvalue weighted by Crippen LogP contribution is 2.37. The van der Waals surface area contributed by atoms with Gasteiger partial charge < -0.3 is 10.1 Å². The number of thioether (sulfide) groups is 1. The second-order valence-electron chi connectivity index (χ2n) is 7.33. The van der Waals surface area contributed by atoms with E-state index in [9.17, 15) is 4.79 Å². The molecule has 0 radical (unpaired) electrons. The highest BCUT2D eigenvalue weighted by atomic mass is 79.9. The summed E-state index contributed by atoms with van der Waals surface area (Å²) in [6.07, 6.45) is 5.03. The molecule has 1 aromatic heterocycles. The summed E-state index contributed by atoms with van der Waals surface area (Å²) in [4.78, 5) is 18.7. The zero-order chi connectivity index (χ0) is 20.8. The van der Waals surface area contributed by atoms with Crippen molar-refractivity contribution in [1.82, 2.24) is 4.98 Å². The summed E-state index contributed by atoms with van der Waals surface area (Å²) in [5, 5.41) is 3.14. The SMILES string of the molecule is O=C(Nc1ccc(SCc2cccnc2)cc1)C1(c2ccc(Br)cc2)CCOCC1. The summed E-state index contributed by atoms with van der Waals surface area (Å²) in [5.74, 6) is 0.899. The number of nitrogens with zero attached hydrogens (tertiary/aromatic N) is 1. The number of carbonyl (C=O) groups is 1. The number of aromatic nitrogens is 1. The van der Waals surface area contributed by atoms with Crippen molar-refractivity contribution in [2.45, 2.75) is 28.9 Å². The van der Waals surface area contributed by atoms with Crippen LogP contribution in [0.2, 0.25) is 0 Å². The molecular weight excluding hydrogens is 460 g/mol. The average molecular weight is 483 g/mol. The molecule has 0 bridgehead atoms. The quantitative estimate of drug-likeness (QED) is 0.449. The number of benzene rings is 2. The maximum Gasteiger partial charge on any atom is 0.235 e. The number of carbonyl (C=O) groups excluding carboxylic acids is 1. The highest BCUT2D eigenvalue weighted by molar-refractivity contribution is 9.10. The molecule has 0 spiro atoms. The van der Waals surface area contributed by atoms with Crippen LogP contribution in [0, 0.1) is 0 Å². The molecule has 1 amide bonds. The van der Waals surface area contributed by atoms with Crippen molar-refractivity contribution >= 4 is 39.3 Å². The fraction of sp³-hybridized carbons (Fsp3) is 0.250. The van der Waals surface area contributed by atoms with E-state index in [1.165, 1.54) is 5.56 Å². The van der Waals surface area contributed by atoms with E-state index in [-0.39, 0.29) is 5.91 Å². The first kappa shape index (κ1) is 21.1. The smallest absolute Gasteiger partial charge is 0.235 e. The Bertz CT molecular complexity index is 972. The first-order chi connectivity index (χ1) is 14.7. The third-order valence-electron chi connectivity index (χ3n) is 5.42. The first-order valence-electron chi connectivity index (χ1n) is 9.93. The van der Waals surface area contributed by atoms with E-state index in [1.807, 2.05) is 60.8 Å². The van der Waals surface area contributed by atoms with Gasteiger partial charge in [-0.1, -0.05) is 34.1 Å². The van der Waals surface area contributed by atoms with Crippen LogP contribution in [-0.2, 0) is 20.7 Å². The molecule has 30 heavy (non-hydrogen) atoms. The summed E-state index contributed by atoms with van der Waals surface area (Å²) in [5.41, 5.74) is 2.48. The van der Waals surface area contributed by atoms with Gasteiger partial charge in [0.25, 0.3) is 0 Å². The van der Waals surface area contributed by atoms with E-state index >= 15 is 0 Å². The lowest BCUT2D eigenvalue weighted by atomic mass is 9.73. The second-order valence-corrected chi connectivity index (χ2v) is 9.29. The number of rotatable bonds is 6. The van der Waals surface area contributed by atoms with Gasteiger partial charge in [-0.2, -0.15) is 0 Å². The molecule has 4 nitrogen and oxygen atoms in total. The van der Waals surface area contributed by atoms with Gasteiger partial charge in [-0.05, 0) is 66.4 Å². The normalized spacial score (nSPS) is 15.5. The van der Waals surface area contributed by atoms with Crippen LogP contribution in [-0.4, -0.2) is 24.1 Å². The number of amides is 1. The second kappa shape index (κ2) is 9.77. The zero-order valence-electron chi connectivity index (χ0n) is 16.5.